The summed E-state index contributed by atoms with van der Waals surface area (Å²) in [5.41, 5.74) is -0.395. The lowest BCUT2D eigenvalue weighted by Gasteiger charge is -2.23. The first-order chi connectivity index (χ1) is 11.4. The Bertz CT molecular complexity index is 742. The number of halogens is 4. The molecule has 1 aromatic carbocycles. The van der Waals surface area contributed by atoms with Gasteiger partial charge < -0.3 is 5.32 Å². The lowest BCUT2D eigenvalue weighted by molar-refractivity contribution is -0.140. The Balaban J connectivity index is 0.00000100. The Morgan fingerprint density at radius 1 is 1.17 bits per heavy atom. The maximum atomic E-state index is 13.4. The average Bonchev–Trinajstić information content (AvgIpc) is 2.81. The van der Waals surface area contributed by atoms with Crippen molar-refractivity contribution >= 4 is 11.0 Å². The first-order valence-corrected chi connectivity index (χ1v) is 8.04. The Kier molecular flexibility index (Phi) is 5.69. The van der Waals surface area contributed by atoms with Gasteiger partial charge in [0.15, 0.2) is 0 Å². The zero-order chi connectivity index (χ0) is 17.9. The van der Waals surface area contributed by atoms with Crippen LogP contribution in [0.3, 0.4) is 0 Å². The molecule has 0 bridgehead atoms. The molecule has 1 aliphatic rings. The second kappa shape index (κ2) is 7.38. The number of aromatic nitrogens is 2. The Morgan fingerprint density at radius 2 is 1.79 bits per heavy atom. The molecule has 0 radical (unpaired) electrons. The van der Waals surface area contributed by atoms with Gasteiger partial charge in [0.2, 0.25) is 0 Å². The second-order valence-electron chi connectivity index (χ2n) is 5.47. The molecule has 0 aliphatic carbocycles. The highest BCUT2D eigenvalue weighted by atomic mass is 19.4. The topological polar surface area (TPSA) is 39.0 Å². The molecule has 134 valence electrons. The maximum absolute atomic E-state index is 13.4. The number of rotatable bonds is 2. The van der Waals surface area contributed by atoms with E-state index < -0.39 is 24.2 Å². The predicted molar refractivity (Wildman–Crippen MR) is 84.7 cm³/mol. The van der Waals surface area contributed by atoms with Crippen molar-refractivity contribution in [3.63, 3.8) is 0 Å². The number of alkyl halides is 3. The summed E-state index contributed by atoms with van der Waals surface area (Å²) in [6.45, 7) is 3.98. The lowest BCUT2D eigenvalue weighted by atomic mass is 10.1. The number of nitrogens with one attached hydrogen (secondary N) is 1. The Hall–Kier alpha value is -1.83. The van der Waals surface area contributed by atoms with Gasteiger partial charge in [0.1, 0.15) is 12.4 Å². The quantitative estimate of drug-likeness (QED) is 0.845. The number of hydrogen-bond acceptors (Lipinski definition) is 2. The van der Waals surface area contributed by atoms with Gasteiger partial charge in [-0.3, -0.25) is 9.13 Å². The molecule has 0 amide bonds. The fourth-order valence-corrected chi connectivity index (χ4v) is 3.00. The normalized spacial score (nSPS) is 16.1. The van der Waals surface area contributed by atoms with E-state index in [-0.39, 0.29) is 11.6 Å². The van der Waals surface area contributed by atoms with Crippen molar-refractivity contribution in [1.82, 2.24) is 14.5 Å². The van der Waals surface area contributed by atoms with Crippen molar-refractivity contribution in [3.05, 3.63) is 34.5 Å². The van der Waals surface area contributed by atoms with Crippen molar-refractivity contribution in [2.45, 2.75) is 45.5 Å². The largest absolute Gasteiger partial charge is 0.406 e. The van der Waals surface area contributed by atoms with E-state index in [2.05, 4.69) is 5.32 Å². The van der Waals surface area contributed by atoms with E-state index in [1.807, 2.05) is 13.8 Å². The monoisotopic (exact) mass is 347 g/mol. The van der Waals surface area contributed by atoms with E-state index in [0.29, 0.717) is 36.0 Å². The Morgan fingerprint density at radius 3 is 2.38 bits per heavy atom. The van der Waals surface area contributed by atoms with Crippen molar-refractivity contribution in [1.29, 1.82) is 0 Å². The molecular formula is C16H21F4N3O. The van der Waals surface area contributed by atoms with Gasteiger partial charge in [0, 0.05) is 6.04 Å². The highest BCUT2D eigenvalue weighted by Gasteiger charge is 2.32. The van der Waals surface area contributed by atoms with Crippen molar-refractivity contribution < 1.29 is 17.6 Å². The first-order valence-electron chi connectivity index (χ1n) is 8.04. The summed E-state index contributed by atoms with van der Waals surface area (Å²) >= 11 is 0. The highest BCUT2D eigenvalue weighted by Crippen LogP contribution is 2.26. The summed E-state index contributed by atoms with van der Waals surface area (Å²) in [5.74, 6) is -0.661. The molecule has 2 heterocycles. The molecule has 1 fully saturated rings. The summed E-state index contributed by atoms with van der Waals surface area (Å²) in [7, 11) is 0. The van der Waals surface area contributed by atoms with E-state index in [4.69, 9.17) is 0 Å². The van der Waals surface area contributed by atoms with Gasteiger partial charge in [-0.15, -0.1) is 0 Å². The molecule has 0 atom stereocenters. The SMILES string of the molecule is CC.O=c1n(CC(F)(F)F)c2cc(F)ccc2n1C1CCNCC1. The standard InChI is InChI=1S/C14H15F4N3O.C2H6/c15-9-1-2-11-12(7-9)20(8-14(16,17)18)13(22)21(11)10-3-5-19-6-4-10;1-2/h1-2,7,10,19H,3-6,8H2;1-2H3. The minimum Gasteiger partial charge on any atom is -0.317 e. The minimum absolute atomic E-state index is 0.0131. The molecule has 2 aromatic rings. The molecule has 1 N–H and O–H groups in total. The van der Waals surface area contributed by atoms with Crippen LogP contribution in [-0.4, -0.2) is 28.4 Å². The second-order valence-corrected chi connectivity index (χ2v) is 5.47. The van der Waals surface area contributed by atoms with E-state index >= 15 is 0 Å². The van der Waals surface area contributed by atoms with Gasteiger partial charge in [-0.05, 0) is 44.1 Å². The molecule has 0 unspecified atom stereocenters. The summed E-state index contributed by atoms with van der Waals surface area (Å²) in [4.78, 5) is 12.5. The van der Waals surface area contributed by atoms with Crippen LogP contribution < -0.4 is 11.0 Å². The van der Waals surface area contributed by atoms with Crippen LogP contribution in [0.4, 0.5) is 17.6 Å². The molecular weight excluding hydrogens is 326 g/mol. The summed E-state index contributed by atoms with van der Waals surface area (Å²) < 4.78 is 53.6. The summed E-state index contributed by atoms with van der Waals surface area (Å²) in [5, 5.41) is 3.14. The molecule has 0 spiro atoms. The summed E-state index contributed by atoms with van der Waals surface area (Å²) in [6.07, 6.45) is -3.23. The Labute approximate surface area is 137 Å². The minimum atomic E-state index is -4.54. The van der Waals surface area contributed by atoms with Crippen LogP contribution >= 0.6 is 0 Å². The molecule has 1 aromatic heterocycles. The third kappa shape index (κ3) is 3.80. The van der Waals surface area contributed by atoms with Crippen LogP contribution in [0.25, 0.3) is 11.0 Å². The number of fused-ring (bicyclic) bond motifs is 1. The van der Waals surface area contributed by atoms with Crippen molar-refractivity contribution in [3.8, 4) is 0 Å². The van der Waals surface area contributed by atoms with E-state index in [1.165, 1.54) is 10.6 Å². The fourth-order valence-electron chi connectivity index (χ4n) is 3.00. The molecule has 8 heteroatoms. The first kappa shape index (κ1) is 18.5. The zero-order valence-corrected chi connectivity index (χ0v) is 13.7. The van der Waals surface area contributed by atoms with Gasteiger partial charge in [0.25, 0.3) is 0 Å². The molecule has 0 saturated carbocycles. The van der Waals surface area contributed by atoms with E-state index in [1.54, 1.807) is 0 Å². The van der Waals surface area contributed by atoms with E-state index in [9.17, 15) is 22.4 Å². The predicted octanol–water partition coefficient (Wildman–Crippen LogP) is 3.46. The van der Waals surface area contributed by atoms with Gasteiger partial charge in [0.05, 0.1) is 11.0 Å². The van der Waals surface area contributed by atoms with Crippen LogP contribution in [0, 0.1) is 5.82 Å². The molecule has 3 rings (SSSR count). The van der Waals surface area contributed by atoms with Gasteiger partial charge >= 0.3 is 11.9 Å². The number of imidazole rings is 1. The van der Waals surface area contributed by atoms with Gasteiger partial charge in [-0.25, -0.2) is 9.18 Å². The number of nitrogens with zero attached hydrogens (tertiary/aromatic N) is 2. The molecule has 1 saturated heterocycles. The van der Waals surface area contributed by atoms with E-state index in [0.717, 1.165) is 12.1 Å². The number of piperidine rings is 1. The van der Waals surface area contributed by atoms with Crippen LogP contribution in [-0.2, 0) is 6.54 Å². The number of benzene rings is 1. The third-order valence-electron chi connectivity index (χ3n) is 3.94. The molecule has 24 heavy (non-hydrogen) atoms. The fraction of sp³-hybridized carbons (Fsp3) is 0.562. The van der Waals surface area contributed by atoms with Crippen LogP contribution in [0.1, 0.15) is 32.7 Å². The van der Waals surface area contributed by atoms with Gasteiger partial charge in [-0.1, -0.05) is 13.8 Å². The maximum Gasteiger partial charge on any atom is 0.406 e. The van der Waals surface area contributed by atoms with Crippen LogP contribution in [0.15, 0.2) is 23.0 Å². The lowest BCUT2D eigenvalue weighted by Crippen LogP contribution is -2.36. The molecule has 1 aliphatic heterocycles. The highest BCUT2D eigenvalue weighted by molar-refractivity contribution is 5.76. The zero-order valence-electron chi connectivity index (χ0n) is 13.7. The number of hydrogen-bond donors (Lipinski definition) is 1. The van der Waals surface area contributed by atoms with Crippen LogP contribution in [0.5, 0.6) is 0 Å². The van der Waals surface area contributed by atoms with Crippen LogP contribution in [0.2, 0.25) is 0 Å². The third-order valence-corrected chi connectivity index (χ3v) is 3.94. The summed E-state index contributed by atoms with van der Waals surface area (Å²) in [6, 6.07) is 3.36. The smallest absolute Gasteiger partial charge is 0.317 e. The van der Waals surface area contributed by atoms with Crippen molar-refractivity contribution in [2.24, 2.45) is 0 Å². The van der Waals surface area contributed by atoms with Gasteiger partial charge in [-0.2, -0.15) is 13.2 Å². The molecule has 4 nitrogen and oxygen atoms in total. The average molecular weight is 347 g/mol. The van der Waals surface area contributed by atoms with Crippen molar-refractivity contribution in [2.75, 3.05) is 13.1 Å².